The first-order chi connectivity index (χ1) is 15.1. The fraction of sp³-hybridized carbons (Fsp3) is 0.208. The SMILES string of the molecule is Cc1ccc2nc(N3CCOCC3)c(C=C3N=C(c4ccc(Cl)cc4)OC3=O)cc2c1. The van der Waals surface area contributed by atoms with Gasteiger partial charge in [0, 0.05) is 34.6 Å². The third kappa shape index (κ3) is 4.04. The number of cyclic esters (lactones) is 1. The zero-order valence-electron chi connectivity index (χ0n) is 17.0. The van der Waals surface area contributed by atoms with Crippen LogP contribution in [-0.4, -0.2) is 43.2 Å². The van der Waals surface area contributed by atoms with Gasteiger partial charge in [0.1, 0.15) is 5.82 Å². The molecule has 0 radical (unpaired) electrons. The molecular formula is C24H20ClN3O3. The molecule has 0 spiro atoms. The molecule has 0 aliphatic carbocycles. The number of carbonyl (C=O) groups excluding carboxylic acids is 1. The van der Waals surface area contributed by atoms with Crippen LogP contribution >= 0.6 is 11.6 Å². The van der Waals surface area contributed by atoms with E-state index >= 15 is 0 Å². The van der Waals surface area contributed by atoms with Crippen LogP contribution in [0.2, 0.25) is 5.02 Å². The number of hydrogen-bond donors (Lipinski definition) is 0. The highest BCUT2D eigenvalue weighted by Crippen LogP contribution is 2.29. The molecule has 0 bridgehead atoms. The standard InChI is InChI=1S/C24H20ClN3O3/c1-15-2-7-20-17(12-15)13-18(22(26-20)28-8-10-30-11-9-28)14-21-24(29)31-23(27-21)16-3-5-19(25)6-4-16/h2-7,12-14H,8-11H2,1H3. The fourth-order valence-electron chi connectivity index (χ4n) is 3.71. The minimum Gasteiger partial charge on any atom is -0.402 e. The number of aliphatic imine (C=N–C) groups is 1. The van der Waals surface area contributed by atoms with Crippen molar-refractivity contribution in [3.8, 4) is 0 Å². The monoisotopic (exact) mass is 433 g/mol. The highest BCUT2D eigenvalue weighted by molar-refractivity contribution is 6.30. The van der Waals surface area contributed by atoms with Gasteiger partial charge in [0.25, 0.3) is 0 Å². The first kappa shape index (κ1) is 19.7. The molecule has 7 heteroatoms. The molecular weight excluding hydrogens is 414 g/mol. The van der Waals surface area contributed by atoms with Crippen molar-refractivity contribution >= 4 is 46.3 Å². The molecule has 2 aromatic carbocycles. The summed E-state index contributed by atoms with van der Waals surface area (Å²) in [7, 11) is 0. The molecule has 0 amide bonds. The summed E-state index contributed by atoms with van der Waals surface area (Å²) in [4.78, 5) is 24.1. The summed E-state index contributed by atoms with van der Waals surface area (Å²) in [5.74, 6) is 0.600. The number of anilines is 1. The smallest absolute Gasteiger partial charge is 0.363 e. The highest BCUT2D eigenvalue weighted by Gasteiger charge is 2.25. The summed E-state index contributed by atoms with van der Waals surface area (Å²) >= 11 is 5.95. The van der Waals surface area contributed by atoms with Crippen LogP contribution in [0.4, 0.5) is 5.82 Å². The Bertz CT molecular complexity index is 1230. The lowest BCUT2D eigenvalue weighted by molar-refractivity contribution is -0.129. The van der Waals surface area contributed by atoms with E-state index in [2.05, 4.69) is 22.0 Å². The van der Waals surface area contributed by atoms with E-state index in [-0.39, 0.29) is 11.6 Å². The largest absolute Gasteiger partial charge is 0.402 e. The second kappa shape index (κ2) is 8.13. The van der Waals surface area contributed by atoms with Gasteiger partial charge in [-0.1, -0.05) is 23.2 Å². The Labute approximate surface area is 184 Å². The predicted molar refractivity (Wildman–Crippen MR) is 122 cm³/mol. The molecule has 0 atom stereocenters. The average Bonchev–Trinajstić information content (AvgIpc) is 3.14. The number of ether oxygens (including phenoxy) is 2. The van der Waals surface area contributed by atoms with Crippen molar-refractivity contribution in [3.05, 3.63) is 75.9 Å². The van der Waals surface area contributed by atoms with Crippen molar-refractivity contribution in [1.82, 2.24) is 4.98 Å². The molecule has 1 fully saturated rings. The minimum absolute atomic E-state index is 0.244. The van der Waals surface area contributed by atoms with Crippen molar-refractivity contribution in [1.29, 1.82) is 0 Å². The number of carbonyl (C=O) groups is 1. The molecule has 6 nitrogen and oxygen atoms in total. The van der Waals surface area contributed by atoms with E-state index in [1.807, 2.05) is 19.1 Å². The molecule has 31 heavy (non-hydrogen) atoms. The quantitative estimate of drug-likeness (QED) is 0.453. The van der Waals surface area contributed by atoms with Crippen LogP contribution in [0.1, 0.15) is 16.7 Å². The number of morpholine rings is 1. The molecule has 0 unspecified atom stereocenters. The number of benzene rings is 2. The van der Waals surface area contributed by atoms with Gasteiger partial charge in [-0.15, -0.1) is 0 Å². The van der Waals surface area contributed by atoms with Crippen molar-refractivity contribution in [2.45, 2.75) is 6.92 Å². The van der Waals surface area contributed by atoms with Gasteiger partial charge >= 0.3 is 5.97 Å². The number of hydrogen-bond acceptors (Lipinski definition) is 6. The summed E-state index contributed by atoms with van der Waals surface area (Å²) in [6, 6.07) is 15.2. The lowest BCUT2D eigenvalue weighted by atomic mass is 10.1. The summed E-state index contributed by atoms with van der Waals surface area (Å²) in [5.41, 5.74) is 3.83. The molecule has 3 heterocycles. The van der Waals surface area contributed by atoms with Gasteiger partial charge in [-0.25, -0.2) is 14.8 Å². The topological polar surface area (TPSA) is 64.0 Å². The number of aryl methyl sites for hydroxylation is 1. The Balaban J connectivity index is 1.59. The number of rotatable bonds is 3. The second-order valence-corrected chi connectivity index (χ2v) is 7.98. The maximum absolute atomic E-state index is 12.5. The third-order valence-electron chi connectivity index (χ3n) is 5.29. The van der Waals surface area contributed by atoms with Crippen LogP contribution in [0.5, 0.6) is 0 Å². The number of aromatic nitrogens is 1. The Hall–Kier alpha value is -3.22. The van der Waals surface area contributed by atoms with Gasteiger partial charge in [-0.2, -0.15) is 0 Å². The maximum Gasteiger partial charge on any atom is 0.363 e. The van der Waals surface area contributed by atoms with Gasteiger partial charge in [0.05, 0.1) is 18.7 Å². The second-order valence-electron chi connectivity index (χ2n) is 7.54. The van der Waals surface area contributed by atoms with E-state index in [1.165, 1.54) is 0 Å². The van der Waals surface area contributed by atoms with E-state index in [0.717, 1.165) is 40.9 Å². The van der Waals surface area contributed by atoms with Crippen molar-refractivity contribution in [2.24, 2.45) is 4.99 Å². The van der Waals surface area contributed by atoms with Crippen LogP contribution in [0, 0.1) is 6.92 Å². The average molecular weight is 434 g/mol. The third-order valence-corrected chi connectivity index (χ3v) is 5.55. The minimum atomic E-state index is -0.484. The van der Waals surface area contributed by atoms with Gasteiger partial charge in [-0.3, -0.25) is 0 Å². The lowest BCUT2D eigenvalue weighted by Crippen LogP contribution is -2.37. The Kier molecular flexibility index (Phi) is 5.18. The summed E-state index contributed by atoms with van der Waals surface area (Å²) in [5, 5.41) is 1.62. The summed E-state index contributed by atoms with van der Waals surface area (Å²) in [6.07, 6.45) is 1.75. The summed E-state index contributed by atoms with van der Waals surface area (Å²) < 4.78 is 10.9. The lowest BCUT2D eigenvalue weighted by Gasteiger charge is -2.29. The number of pyridine rings is 1. The van der Waals surface area contributed by atoms with Crippen LogP contribution in [0.15, 0.2) is 59.2 Å². The van der Waals surface area contributed by atoms with Crippen molar-refractivity contribution in [3.63, 3.8) is 0 Å². The molecule has 156 valence electrons. The molecule has 3 aromatic rings. The summed E-state index contributed by atoms with van der Waals surface area (Å²) in [6.45, 7) is 4.81. The van der Waals surface area contributed by atoms with Gasteiger partial charge < -0.3 is 14.4 Å². The van der Waals surface area contributed by atoms with Crippen LogP contribution in [-0.2, 0) is 14.3 Å². The maximum atomic E-state index is 12.5. The van der Waals surface area contributed by atoms with Crippen LogP contribution < -0.4 is 4.90 Å². The Morgan fingerprint density at radius 1 is 1.06 bits per heavy atom. The molecule has 5 rings (SSSR count). The number of nitrogens with zero attached hydrogens (tertiary/aromatic N) is 3. The van der Waals surface area contributed by atoms with E-state index in [4.69, 9.17) is 26.1 Å². The Morgan fingerprint density at radius 3 is 2.61 bits per heavy atom. The molecule has 1 saturated heterocycles. The van der Waals surface area contributed by atoms with Crippen molar-refractivity contribution in [2.75, 3.05) is 31.2 Å². The first-order valence-corrected chi connectivity index (χ1v) is 10.5. The van der Waals surface area contributed by atoms with E-state index in [0.29, 0.717) is 23.8 Å². The Morgan fingerprint density at radius 2 is 1.84 bits per heavy atom. The van der Waals surface area contributed by atoms with Gasteiger partial charge in [0.15, 0.2) is 5.70 Å². The molecule has 0 N–H and O–H groups in total. The van der Waals surface area contributed by atoms with Crippen molar-refractivity contribution < 1.29 is 14.3 Å². The zero-order chi connectivity index (χ0) is 21.4. The zero-order valence-corrected chi connectivity index (χ0v) is 17.7. The van der Waals surface area contributed by atoms with Gasteiger partial charge in [-0.05, 0) is 55.5 Å². The highest BCUT2D eigenvalue weighted by atomic mass is 35.5. The van der Waals surface area contributed by atoms with E-state index in [1.54, 1.807) is 30.3 Å². The van der Waals surface area contributed by atoms with Gasteiger partial charge in [0.2, 0.25) is 5.90 Å². The van der Waals surface area contributed by atoms with Crippen LogP contribution in [0.25, 0.3) is 17.0 Å². The molecule has 1 aromatic heterocycles. The number of halogens is 1. The normalized spacial score (nSPS) is 17.9. The molecule has 2 aliphatic rings. The number of esters is 1. The number of fused-ring (bicyclic) bond motifs is 1. The predicted octanol–water partition coefficient (Wildman–Crippen LogP) is 4.38. The van der Waals surface area contributed by atoms with Crippen LogP contribution in [0.3, 0.4) is 0 Å². The molecule has 2 aliphatic heterocycles. The van der Waals surface area contributed by atoms with E-state index < -0.39 is 5.97 Å². The van der Waals surface area contributed by atoms with E-state index in [9.17, 15) is 4.79 Å². The first-order valence-electron chi connectivity index (χ1n) is 10.1. The molecule has 0 saturated carbocycles. The fourth-order valence-corrected chi connectivity index (χ4v) is 3.84.